The van der Waals surface area contributed by atoms with E-state index in [4.69, 9.17) is 9.47 Å². The number of amides is 2. The van der Waals surface area contributed by atoms with Crippen molar-refractivity contribution in [2.75, 3.05) is 20.8 Å². The van der Waals surface area contributed by atoms with Gasteiger partial charge < -0.3 is 14.8 Å². The number of carbonyl (C=O) groups excluding carboxylic acids is 2. The summed E-state index contributed by atoms with van der Waals surface area (Å²) in [5.41, 5.74) is -7.12. The molecule has 2 amide bonds. The number of urea groups is 1. The van der Waals surface area contributed by atoms with Crippen molar-refractivity contribution in [3.63, 3.8) is 0 Å². The zero-order chi connectivity index (χ0) is 25.7. The number of allylic oxidation sites excluding steroid dienone is 1. The highest BCUT2D eigenvalue weighted by atomic mass is 19.4. The molecule has 1 aromatic rings. The topological polar surface area (TPSA) is 67.9 Å². The van der Waals surface area contributed by atoms with E-state index in [2.05, 4.69) is 0 Å². The second-order valence-electron chi connectivity index (χ2n) is 9.03. The van der Waals surface area contributed by atoms with E-state index in [0.29, 0.717) is 17.1 Å². The molecule has 1 aliphatic heterocycles. The van der Waals surface area contributed by atoms with Gasteiger partial charge in [0.25, 0.3) is 5.54 Å². The molecule has 0 saturated carbocycles. The fraction of sp³-hybridized carbons (Fsp3) is 0.545. The highest BCUT2D eigenvalue weighted by Gasteiger charge is 2.77. The normalized spacial score (nSPS) is 20.1. The van der Waals surface area contributed by atoms with Gasteiger partial charge in [0.2, 0.25) is 0 Å². The molecular formula is C22H24F6N2O4. The van der Waals surface area contributed by atoms with Crippen molar-refractivity contribution in [3.05, 3.63) is 35.0 Å². The van der Waals surface area contributed by atoms with Crippen LogP contribution >= 0.6 is 0 Å². The second kappa shape index (κ2) is 8.38. The zero-order valence-electron chi connectivity index (χ0n) is 18.9. The van der Waals surface area contributed by atoms with Crippen molar-refractivity contribution in [1.29, 1.82) is 0 Å². The first kappa shape index (κ1) is 25.7. The standard InChI is InChI=1S/C22H24F6N2O4/c1-19(2)10-13-17(14(31)11-19)20(21(23,24)25,22(26,27)28)29-18(32)30(13)8-7-12-5-6-15(33-3)16(9-12)34-4/h5-6,9H,7-8,10-11H2,1-4H3,(H,29,32). The van der Waals surface area contributed by atoms with Crippen LogP contribution in [0.1, 0.15) is 32.3 Å². The third kappa shape index (κ3) is 4.18. The SMILES string of the molecule is COc1ccc(CCN2C(=O)NC(C(F)(F)F)(C(F)(F)F)C3=C2CC(C)(C)CC3=O)cc1OC. The zero-order valence-corrected chi connectivity index (χ0v) is 18.9. The lowest BCUT2D eigenvalue weighted by molar-refractivity contribution is -0.292. The molecule has 0 spiro atoms. The highest BCUT2D eigenvalue weighted by molar-refractivity contribution is 6.03. The lowest BCUT2D eigenvalue weighted by Gasteiger charge is -2.49. The van der Waals surface area contributed by atoms with Gasteiger partial charge in [-0.1, -0.05) is 19.9 Å². The van der Waals surface area contributed by atoms with Gasteiger partial charge in [-0.3, -0.25) is 9.69 Å². The van der Waals surface area contributed by atoms with E-state index in [1.54, 1.807) is 32.0 Å². The molecule has 1 aliphatic carbocycles. The van der Waals surface area contributed by atoms with Crippen molar-refractivity contribution in [2.45, 2.75) is 51.0 Å². The van der Waals surface area contributed by atoms with Crippen molar-refractivity contribution >= 4 is 11.8 Å². The lowest BCUT2D eigenvalue weighted by Crippen LogP contribution is -2.74. The molecule has 188 valence electrons. The number of methoxy groups -OCH3 is 2. The Hall–Kier alpha value is -2.92. The third-order valence-corrected chi connectivity index (χ3v) is 6.02. The summed E-state index contributed by atoms with van der Waals surface area (Å²) in [6.45, 7) is 2.85. The number of hydrogen-bond acceptors (Lipinski definition) is 4. The van der Waals surface area contributed by atoms with Gasteiger partial charge in [0, 0.05) is 18.7 Å². The molecule has 0 atom stereocenters. The molecule has 1 N–H and O–H groups in total. The summed E-state index contributed by atoms with van der Waals surface area (Å²) in [7, 11) is 2.83. The maximum absolute atomic E-state index is 14.0. The number of ether oxygens (including phenoxy) is 2. The summed E-state index contributed by atoms with van der Waals surface area (Å²) in [5, 5.41) is 1.11. The third-order valence-electron chi connectivity index (χ3n) is 6.02. The summed E-state index contributed by atoms with van der Waals surface area (Å²) in [5.74, 6) is -0.506. The minimum atomic E-state index is -5.98. The average molecular weight is 494 g/mol. The molecule has 0 fully saturated rings. The second-order valence-corrected chi connectivity index (χ2v) is 9.03. The quantitative estimate of drug-likeness (QED) is 0.599. The number of benzene rings is 1. The van der Waals surface area contributed by atoms with Crippen LogP contribution in [0.15, 0.2) is 29.5 Å². The highest BCUT2D eigenvalue weighted by Crippen LogP contribution is 2.54. The van der Waals surface area contributed by atoms with Crippen molar-refractivity contribution in [1.82, 2.24) is 10.2 Å². The molecule has 1 heterocycles. The fourth-order valence-electron chi connectivity index (χ4n) is 4.46. The predicted molar refractivity (Wildman–Crippen MR) is 108 cm³/mol. The van der Waals surface area contributed by atoms with Crippen molar-refractivity contribution < 1.29 is 45.4 Å². The summed E-state index contributed by atoms with van der Waals surface area (Å²) >= 11 is 0. The lowest BCUT2D eigenvalue weighted by atomic mass is 9.69. The average Bonchev–Trinajstić information content (AvgIpc) is 2.69. The van der Waals surface area contributed by atoms with Gasteiger partial charge in [-0.25, -0.2) is 4.79 Å². The summed E-state index contributed by atoms with van der Waals surface area (Å²) < 4.78 is 94.2. The molecule has 34 heavy (non-hydrogen) atoms. The van der Waals surface area contributed by atoms with Gasteiger partial charge in [-0.15, -0.1) is 0 Å². The number of carbonyl (C=O) groups is 2. The molecule has 12 heteroatoms. The van der Waals surface area contributed by atoms with Crippen molar-refractivity contribution in [2.24, 2.45) is 5.41 Å². The largest absolute Gasteiger partial charge is 0.493 e. The van der Waals surface area contributed by atoms with E-state index in [-0.39, 0.29) is 19.4 Å². The van der Waals surface area contributed by atoms with Crippen LogP contribution in [0.3, 0.4) is 0 Å². The maximum atomic E-state index is 14.0. The summed E-state index contributed by atoms with van der Waals surface area (Å²) in [6.07, 6.45) is -12.7. The van der Waals surface area contributed by atoms with Gasteiger partial charge in [-0.2, -0.15) is 26.3 Å². The van der Waals surface area contributed by atoms with E-state index in [1.165, 1.54) is 14.2 Å². The van der Waals surface area contributed by atoms with Gasteiger partial charge in [0.1, 0.15) is 0 Å². The van der Waals surface area contributed by atoms with Gasteiger partial charge in [0.15, 0.2) is 17.3 Å². The van der Waals surface area contributed by atoms with Gasteiger partial charge >= 0.3 is 18.4 Å². The first-order valence-electron chi connectivity index (χ1n) is 10.3. The Balaban J connectivity index is 2.10. The number of Topliss-reactive ketones (excluding diaryl/α,β-unsaturated/α-hetero) is 1. The van der Waals surface area contributed by atoms with E-state index in [0.717, 1.165) is 10.2 Å². The first-order chi connectivity index (χ1) is 15.6. The smallest absolute Gasteiger partial charge is 0.425 e. The van der Waals surface area contributed by atoms with Crippen LogP contribution in [0.5, 0.6) is 11.5 Å². The molecule has 2 aliphatic rings. The number of nitrogens with one attached hydrogen (secondary N) is 1. The molecular weight excluding hydrogens is 470 g/mol. The Morgan fingerprint density at radius 1 is 0.971 bits per heavy atom. The number of hydrogen-bond donors (Lipinski definition) is 1. The van der Waals surface area contributed by atoms with Crippen molar-refractivity contribution in [3.8, 4) is 11.5 Å². The van der Waals surface area contributed by atoms with E-state index in [1.807, 2.05) is 0 Å². The molecule has 0 bridgehead atoms. The van der Waals surface area contributed by atoms with E-state index < -0.39 is 52.8 Å². The maximum Gasteiger partial charge on any atom is 0.425 e. The Bertz CT molecular complexity index is 1020. The number of alkyl halides is 6. The van der Waals surface area contributed by atoms with Crippen LogP contribution in [0.25, 0.3) is 0 Å². The number of rotatable bonds is 5. The molecule has 0 radical (unpaired) electrons. The first-order valence-corrected chi connectivity index (χ1v) is 10.3. The number of halogens is 6. The Morgan fingerprint density at radius 3 is 2.09 bits per heavy atom. The van der Waals surface area contributed by atoms with Crippen LogP contribution in [0, 0.1) is 5.41 Å². The number of ketones is 1. The van der Waals surface area contributed by atoms with Crippen LogP contribution in [-0.4, -0.2) is 55.4 Å². The minimum Gasteiger partial charge on any atom is -0.493 e. The molecule has 0 aromatic heterocycles. The van der Waals surface area contributed by atoms with Gasteiger partial charge in [-0.05, 0) is 36.0 Å². The van der Waals surface area contributed by atoms with Crippen LogP contribution < -0.4 is 14.8 Å². The Kier molecular flexibility index (Phi) is 6.34. The summed E-state index contributed by atoms with van der Waals surface area (Å²) in [4.78, 5) is 26.3. The molecule has 0 unspecified atom stereocenters. The molecule has 0 saturated heterocycles. The molecule has 6 nitrogen and oxygen atoms in total. The fourth-order valence-corrected chi connectivity index (χ4v) is 4.46. The predicted octanol–water partition coefficient (Wildman–Crippen LogP) is 4.78. The Morgan fingerprint density at radius 2 is 1.56 bits per heavy atom. The van der Waals surface area contributed by atoms with Crippen LogP contribution in [0.4, 0.5) is 31.1 Å². The number of nitrogens with zero attached hydrogens (tertiary/aromatic N) is 1. The Labute approximate surface area is 191 Å². The van der Waals surface area contributed by atoms with E-state index in [9.17, 15) is 35.9 Å². The van der Waals surface area contributed by atoms with Crippen LogP contribution in [0.2, 0.25) is 0 Å². The van der Waals surface area contributed by atoms with E-state index >= 15 is 0 Å². The minimum absolute atomic E-state index is 0.0736. The van der Waals surface area contributed by atoms with Crippen LogP contribution in [-0.2, 0) is 11.2 Å². The monoisotopic (exact) mass is 494 g/mol. The molecule has 3 rings (SSSR count). The molecule has 1 aromatic carbocycles. The van der Waals surface area contributed by atoms with Gasteiger partial charge in [0.05, 0.1) is 19.8 Å². The summed E-state index contributed by atoms with van der Waals surface area (Å²) in [6, 6.07) is 3.23.